The zero-order valence-corrected chi connectivity index (χ0v) is 60.5. The molecule has 4 heterocycles. The molecule has 5 nitrogen and oxygen atoms in total. The molecule has 7 heteroatoms. The molecule has 0 saturated carbocycles. The standard InChI is InChI=1S/C78H142O5P2/c1-13-17-21-25-29-33-37-41-45-49-53-61-77(62-54-50-46-42-38-34-30-26-22-18-14-2,63-55-51-47-43-39-35-31-27-23-19-15-3)65-66-78(64-56-52-48-44-40-36-32-28-24-20-16-4)69-57-59-71(73(67(69)5)75(7,8)9)81-85(83-84(79)80)82-72-60-58-70(78)68(6)74(72)76(10,11)12/h57-60,79-80H,13-56,61-66H2,1-12H3. The number of benzene rings is 2. The van der Waals surface area contributed by atoms with E-state index in [1.165, 1.54) is 342 Å². The van der Waals surface area contributed by atoms with Gasteiger partial charge in [0.05, 0.1) is 0 Å². The highest BCUT2D eigenvalue weighted by Crippen LogP contribution is 2.58. The van der Waals surface area contributed by atoms with Crippen molar-refractivity contribution in [3.63, 3.8) is 0 Å². The molecular weight excluding hydrogens is 1080 g/mol. The largest absolute Gasteiger partial charge is 0.470 e. The molecule has 0 unspecified atom stereocenters. The summed E-state index contributed by atoms with van der Waals surface area (Å²) >= 11 is 0. The molecule has 0 fully saturated rings. The van der Waals surface area contributed by atoms with Gasteiger partial charge in [-0.15, -0.1) is 0 Å². The fraction of sp³-hybridized carbons (Fsp3) is 0.846. The molecule has 0 amide bonds. The van der Waals surface area contributed by atoms with E-state index in [2.05, 4.69) is 107 Å². The van der Waals surface area contributed by atoms with E-state index in [1.807, 2.05) is 0 Å². The van der Waals surface area contributed by atoms with Crippen LogP contribution in [0, 0.1) is 19.3 Å². The van der Waals surface area contributed by atoms with E-state index in [4.69, 9.17) is 13.4 Å². The van der Waals surface area contributed by atoms with Crippen LogP contribution in [0.3, 0.4) is 0 Å². The van der Waals surface area contributed by atoms with E-state index in [9.17, 15) is 9.79 Å². The Bertz CT molecular complexity index is 1810. The van der Waals surface area contributed by atoms with Crippen LogP contribution in [0.5, 0.6) is 11.5 Å². The molecule has 2 N–H and O–H groups in total. The molecule has 2 aromatic rings. The summed E-state index contributed by atoms with van der Waals surface area (Å²) in [5, 5.41) is 0. The molecule has 0 saturated heterocycles. The van der Waals surface area contributed by atoms with Crippen molar-refractivity contribution >= 4 is 17.2 Å². The highest BCUT2D eigenvalue weighted by molar-refractivity contribution is 7.55. The first kappa shape index (κ1) is 78.0. The van der Waals surface area contributed by atoms with Crippen LogP contribution in [-0.4, -0.2) is 9.79 Å². The van der Waals surface area contributed by atoms with Crippen LogP contribution in [0.2, 0.25) is 0 Å². The molecular formula is C78H142O5P2. The van der Waals surface area contributed by atoms with Crippen molar-refractivity contribution in [2.75, 3.05) is 0 Å². The first-order valence-electron chi connectivity index (χ1n) is 37.3. The SMILES string of the molecule is CCCCCCCCCCCCCC(CCCCCCCCCCCCC)(CCCCCCCCCCCCC)CCC1(CCCCCCCCCCCCC)c2ccc(c(C(C)(C)C)c2C)OP(OP(O)O)Oc2ccc1c(C)c2C(C)(C)C. The highest BCUT2D eigenvalue weighted by atomic mass is 31.2. The van der Waals surface area contributed by atoms with E-state index in [0.29, 0.717) is 5.41 Å². The first-order chi connectivity index (χ1) is 41.0. The summed E-state index contributed by atoms with van der Waals surface area (Å²) < 4.78 is 19.5. The monoisotopic (exact) mass is 1220 g/mol. The van der Waals surface area contributed by atoms with Gasteiger partial charge in [0.2, 0.25) is 0 Å². The summed E-state index contributed by atoms with van der Waals surface area (Å²) in [7, 11) is -4.91. The Morgan fingerprint density at radius 3 is 0.882 bits per heavy atom. The number of rotatable bonds is 53. The van der Waals surface area contributed by atoms with Crippen LogP contribution >= 0.6 is 17.2 Å². The Kier molecular flexibility index (Phi) is 42.2. The van der Waals surface area contributed by atoms with Crippen molar-refractivity contribution in [3.05, 3.63) is 57.6 Å². The van der Waals surface area contributed by atoms with Crippen LogP contribution in [0.15, 0.2) is 24.3 Å². The van der Waals surface area contributed by atoms with Crippen LogP contribution < -0.4 is 9.05 Å². The lowest BCUT2D eigenvalue weighted by molar-refractivity contribution is 0.158. The van der Waals surface area contributed by atoms with Crippen LogP contribution in [-0.2, 0) is 20.6 Å². The topological polar surface area (TPSA) is 68.2 Å². The lowest BCUT2D eigenvalue weighted by Crippen LogP contribution is -2.35. The van der Waals surface area contributed by atoms with Gasteiger partial charge in [0, 0.05) is 16.5 Å². The van der Waals surface area contributed by atoms with Gasteiger partial charge < -0.3 is 18.8 Å². The van der Waals surface area contributed by atoms with Crippen molar-refractivity contribution in [2.24, 2.45) is 5.41 Å². The third-order valence-corrected chi connectivity index (χ3v) is 21.9. The molecule has 0 atom stereocenters. The van der Waals surface area contributed by atoms with Gasteiger partial charge in [0.25, 0.3) is 0 Å². The smallest absolute Gasteiger partial charge is 0.417 e. The maximum absolute atomic E-state index is 10.4. The number of hydrogen-bond donors (Lipinski definition) is 2. The van der Waals surface area contributed by atoms with Gasteiger partial charge in [0.15, 0.2) is 0 Å². The molecule has 0 spiro atoms. The molecule has 85 heavy (non-hydrogen) atoms. The summed E-state index contributed by atoms with van der Waals surface area (Å²) in [5.41, 5.74) is 7.46. The Hall–Kier alpha value is -1.22. The third-order valence-electron chi connectivity index (χ3n) is 20.1. The van der Waals surface area contributed by atoms with E-state index in [1.54, 1.807) is 0 Å². The summed E-state index contributed by atoms with van der Waals surface area (Å²) in [6, 6.07) is 9.30. The molecule has 0 aromatic heterocycles. The molecule has 0 aliphatic carbocycles. The van der Waals surface area contributed by atoms with Gasteiger partial charge in [-0.2, -0.15) is 0 Å². The quantitative estimate of drug-likeness (QED) is 0.0510. The molecule has 494 valence electrons. The van der Waals surface area contributed by atoms with Crippen LogP contribution in [0.1, 0.15) is 424 Å². The minimum Gasteiger partial charge on any atom is -0.417 e. The predicted molar refractivity (Wildman–Crippen MR) is 377 cm³/mol. The van der Waals surface area contributed by atoms with E-state index in [0.717, 1.165) is 24.3 Å². The molecule has 2 aromatic carbocycles. The first-order valence-corrected chi connectivity index (χ1v) is 39.6. The lowest BCUT2D eigenvalue weighted by atomic mass is 9.60. The van der Waals surface area contributed by atoms with Gasteiger partial charge >= 0.3 is 17.2 Å². The van der Waals surface area contributed by atoms with Crippen molar-refractivity contribution in [1.82, 2.24) is 0 Å². The van der Waals surface area contributed by atoms with Gasteiger partial charge in [-0.3, -0.25) is 0 Å². The van der Waals surface area contributed by atoms with Crippen molar-refractivity contribution in [3.8, 4) is 11.5 Å². The second kappa shape index (κ2) is 45.9. The Morgan fingerprint density at radius 1 is 0.365 bits per heavy atom. The highest BCUT2D eigenvalue weighted by Gasteiger charge is 2.44. The minimum atomic E-state index is -2.73. The van der Waals surface area contributed by atoms with Gasteiger partial charge in [0.1, 0.15) is 11.5 Å². The lowest BCUT2D eigenvalue weighted by Gasteiger charge is -2.44. The fourth-order valence-corrected chi connectivity index (χ4v) is 16.7. The Labute approximate surface area is 532 Å². The summed E-state index contributed by atoms with van der Waals surface area (Å²) in [6.07, 6.45) is 68.5. The number of unbranched alkanes of at least 4 members (excludes halogenated alkanes) is 40. The maximum atomic E-state index is 10.4. The zero-order valence-electron chi connectivity index (χ0n) is 58.7. The van der Waals surface area contributed by atoms with E-state index in [-0.39, 0.29) is 16.2 Å². The Balaban J connectivity index is 2.20. The predicted octanol–water partition coefficient (Wildman–Crippen LogP) is 28.0. The molecule has 6 rings (SSSR count). The van der Waals surface area contributed by atoms with Crippen molar-refractivity contribution in [1.29, 1.82) is 0 Å². The van der Waals surface area contributed by atoms with Gasteiger partial charge in [-0.05, 0) is 103 Å². The molecule has 4 bridgehead atoms. The molecule has 0 radical (unpaired) electrons. The normalized spacial score (nSPS) is 15.7. The van der Waals surface area contributed by atoms with E-state index < -0.39 is 17.2 Å². The summed E-state index contributed by atoms with van der Waals surface area (Å²) in [6.45, 7) is 28.0. The Morgan fingerprint density at radius 2 is 0.624 bits per heavy atom. The van der Waals surface area contributed by atoms with Crippen LogP contribution in [0.4, 0.5) is 0 Å². The second-order valence-corrected chi connectivity index (χ2v) is 31.7. The average Bonchev–Trinajstić information content (AvgIpc) is 0.937. The van der Waals surface area contributed by atoms with Gasteiger partial charge in [-0.25, -0.2) is 4.31 Å². The zero-order chi connectivity index (χ0) is 62.1. The molecule has 4 aliphatic heterocycles. The maximum Gasteiger partial charge on any atom is 0.470 e. The second-order valence-electron chi connectivity index (χ2n) is 29.7. The van der Waals surface area contributed by atoms with Crippen molar-refractivity contribution in [2.45, 2.75) is 420 Å². The average molecular weight is 1220 g/mol. The van der Waals surface area contributed by atoms with Gasteiger partial charge in [-0.1, -0.05) is 364 Å². The fourth-order valence-electron chi connectivity index (χ4n) is 15.3. The van der Waals surface area contributed by atoms with Crippen LogP contribution in [0.25, 0.3) is 0 Å². The number of hydrogen-bond acceptors (Lipinski definition) is 5. The molecule has 4 aliphatic rings. The third kappa shape index (κ3) is 31.1. The summed E-state index contributed by atoms with van der Waals surface area (Å²) in [5.74, 6) is 1.45. The van der Waals surface area contributed by atoms with Crippen molar-refractivity contribution < 1.29 is 23.1 Å². The minimum absolute atomic E-state index is 0.230. The van der Waals surface area contributed by atoms with E-state index >= 15 is 0 Å². The summed E-state index contributed by atoms with van der Waals surface area (Å²) in [4.78, 5) is 20.8.